The molecular weight excluding hydrogens is 354 g/mol. The van der Waals surface area contributed by atoms with Crippen LogP contribution in [0.25, 0.3) is 0 Å². The van der Waals surface area contributed by atoms with Crippen LogP contribution in [0.5, 0.6) is 0 Å². The Morgan fingerprint density at radius 2 is 2.32 bits per heavy atom. The van der Waals surface area contributed by atoms with Gasteiger partial charge in [0.05, 0.1) is 4.87 Å². The second kappa shape index (κ2) is 6.59. The Bertz CT molecular complexity index is 692. The number of nitrogens with one attached hydrogen (secondary N) is 1. The molecule has 0 saturated carbocycles. The summed E-state index contributed by atoms with van der Waals surface area (Å²) in [6.45, 7) is 6.92. The zero-order chi connectivity index (χ0) is 17.6. The van der Waals surface area contributed by atoms with Gasteiger partial charge in [0.2, 0.25) is 11.8 Å². The molecule has 3 aliphatic heterocycles. The average molecular weight is 380 g/mol. The molecule has 7 heteroatoms. The summed E-state index contributed by atoms with van der Waals surface area (Å²) in [5.41, 5.74) is 1.43. The number of thioether (sulfide) groups is 1. The first-order valence-corrected chi connectivity index (χ1v) is 10.9. The highest BCUT2D eigenvalue weighted by molar-refractivity contribution is 8.01. The summed E-state index contributed by atoms with van der Waals surface area (Å²) in [5.74, 6) is 0.845. The van der Waals surface area contributed by atoms with E-state index in [1.165, 1.54) is 10.4 Å². The van der Waals surface area contributed by atoms with Crippen molar-refractivity contribution in [1.29, 1.82) is 0 Å². The zero-order valence-electron chi connectivity index (χ0n) is 14.8. The molecule has 4 rings (SSSR count). The van der Waals surface area contributed by atoms with Crippen molar-refractivity contribution >= 4 is 34.9 Å². The lowest BCUT2D eigenvalue weighted by Crippen LogP contribution is -2.52. The lowest BCUT2D eigenvalue weighted by atomic mass is 10.1. The Kier molecular flexibility index (Phi) is 4.58. The van der Waals surface area contributed by atoms with E-state index in [1.54, 1.807) is 11.8 Å². The van der Waals surface area contributed by atoms with Crippen LogP contribution in [0.1, 0.15) is 37.1 Å². The van der Waals surface area contributed by atoms with E-state index in [0.717, 1.165) is 25.9 Å². The first kappa shape index (κ1) is 17.4. The van der Waals surface area contributed by atoms with Gasteiger partial charge in [-0.2, -0.15) is 0 Å². The third-order valence-corrected chi connectivity index (χ3v) is 8.31. The fraction of sp³-hybridized carbons (Fsp3) is 0.667. The summed E-state index contributed by atoms with van der Waals surface area (Å²) in [6, 6.07) is 2.21. The lowest BCUT2D eigenvalue weighted by Gasteiger charge is -2.33. The fourth-order valence-electron chi connectivity index (χ4n) is 4.16. The van der Waals surface area contributed by atoms with Crippen molar-refractivity contribution in [2.24, 2.45) is 0 Å². The standard InChI is InChI=1S/C18H25N3O2S2/c1-12(20-7-4-15-13(10-20)5-8-24-15)9-19-17(23)14-11-25-18(2)6-3-16(22)21(14)18/h5,8,12,14H,3-4,6-7,9-11H2,1-2H3,(H,19,23)/t12-,14+,18-/m1/s1. The van der Waals surface area contributed by atoms with Gasteiger partial charge < -0.3 is 10.2 Å². The predicted molar refractivity (Wildman–Crippen MR) is 102 cm³/mol. The number of fused-ring (bicyclic) bond motifs is 2. The minimum atomic E-state index is -0.304. The number of nitrogens with zero attached hydrogens (tertiary/aromatic N) is 2. The Morgan fingerprint density at radius 1 is 1.48 bits per heavy atom. The molecule has 4 heterocycles. The van der Waals surface area contributed by atoms with Crippen LogP contribution in [0.2, 0.25) is 0 Å². The van der Waals surface area contributed by atoms with Crippen LogP contribution in [0.3, 0.4) is 0 Å². The number of carbonyl (C=O) groups excluding carboxylic acids is 2. The van der Waals surface area contributed by atoms with Crippen LogP contribution in [0.15, 0.2) is 11.4 Å². The number of carbonyl (C=O) groups is 2. The topological polar surface area (TPSA) is 52.7 Å². The van der Waals surface area contributed by atoms with E-state index in [1.807, 2.05) is 16.2 Å². The van der Waals surface area contributed by atoms with Crippen molar-refractivity contribution in [2.45, 2.75) is 56.6 Å². The van der Waals surface area contributed by atoms with E-state index in [0.29, 0.717) is 24.8 Å². The molecule has 136 valence electrons. The van der Waals surface area contributed by atoms with Crippen molar-refractivity contribution < 1.29 is 9.59 Å². The smallest absolute Gasteiger partial charge is 0.243 e. The number of hydrogen-bond donors (Lipinski definition) is 1. The van der Waals surface area contributed by atoms with Gasteiger partial charge in [-0.1, -0.05) is 0 Å². The maximum atomic E-state index is 12.7. The summed E-state index contributed by atoms with van der Waals surface area (Å²) >= 11 is 3.59. The zero-order valence-corrected chi connectivity index (χ0v) is 16.4. The molecule has 3 aliphatic rings. The van der Waals surface area contributed by atoms with Gasteiger partial charge in [0.15, 0.2) is 0 Å². The van der Waals surface area contributed by atoms with Gasteiger partial charge in [-0.15, -0.1) is 23.1 Å². The number of thiophene rings is 1. The van der Waals surface area contributed by atoms with Crippen molar-refractivity contribution in [1.82, 2.24) is 15.1 Å². The molecule has 2 saturated heterocycles. The van der Waals surface area contributed by atoms with Gasteiger partial charge in [0.25, 0.3) is 0 Å². The normalized spacial score (nSPS) is 30.2. The van der Waals surface area contributed by atoms with Crippen molar-refractivity contribution in [3.05, 3.63) is 21.9 Å². The highest BCUT2D eigenvalue weighted by Crippen LogP contribution is 2.47. The molecule has 0 unspecified atom stereocenters. The molecule has 2 fully saturated rings. The van der Waals surface area contributed by atoms with Crippen LogP contribution in [0, 0.1) is 0 Å². The molecule has 0 bridgehead atoms. The number of hydrogen-bond acceptors (Lipinski definition) is 5. The molecule has 0 aliphatic carbocycles. The van der Waals surface area contributed by atoms with Gasteiger partial charge in [0.1, 0.15) is 6.04 Å². The van der Waals surface area contributed by atoms with Gasteiger partial charge in [-0.05, 0) is 43.7 Å². The van der Waals surface area contributed by atoms with Gasteiger partial charge >= 0.3 is 0 Å². The predicted octanol–water partition coefficient (Wildman–Crippen LogP) is 2.06. The highest BCUT2D eigenvalue weighted by Gasteiger charge is 2.52. The maximum Gasteiger partial charge on any atom is 0.243 e. The molecule has 1 N–H and O–H groups in total. The van der Waals surface area contributed by atoms with Gasteiger partial charge in [0, 0.05) is 42.7 Å². The van der Waals surface area contributed by atoms with Crippen LogP contribution in [0.4, 0.5) is 0 Å². The van der Waals surface area contributed by atoms with E-state index in [9.17, 15) is 9.59 Å². The van der Waals surface area contributed by atoms with Gasteiger partial charge in [-0.25, -0.2) is 0 Å². The quantitative estimate of drug-likeness (QED) is 0.870. The van der Waals surface area contributed by atoms with E-state index < -0.39 is 0 Å². The summed E-state index contributed by atoms with van der Waals surface area (Å²) < 4.78 is 0. The monoisotopic (exact) mass is 379 g/mol. The second-order valence-electron chi connectivity index (χ2n) is 7.45. The summed E-state index contributed by atoms with van der Waals surface area (Å²) in [6.07, 6.45) is 2.53. The van der Waals surface area contributed by atoms with Crippen molar-refractivity contribution in [2.75, 3.05) is 18.8 Å². The maximum absolute atomic E-state index is 12.7. The summed E-state index contributed by atoms with van der Waals surface area (Å²) in [7, 11) is 0. The molecule has 3 atom stereocenters. The van der Waals surface area contributed by atoms with E-state index in [2.05, 4.69) is 35.5 Å². The summed E-state index contributed by atoms with van der Waals surface area (Å²) in [4.78, 5) is 30.5. The van der Waals surface area contributed by atoms with Crippen molar-refractivity contribution in [3.8, 4) is 0 Å². The van der Waals surface area contributed by atoms with E-state index in [-0.39, 0.29) is 22.7 Å². The fourth-order valence-corrected chi connectivity index (χ4v) is 6.48. The second-order valence-corrected chi connectivity index (χ2v) is 9.95. The molecule has 2 amide bonds. The van der Waals surface area contributed by atoms with Crippen LogP contribution in [-0.2, 0) is 22.6 Å². The molecule has 1 aromatic rings. The SMILES string of the molecule is C[C@H](CNC(=O)[C@@H]1CS[C@]2(C)CCC(=O)N12)N1CCc2sccc2C1. The van der Waals surface area contributed by atoms with E-state index in [4.69, 9.17) is 0 Å². The summed E-state index contributed by atoms with van der Waals surface area (Å²) in [5, 5.41) is 5.27. The average Bonchev–Trinajstić information content (AvgIpc) is 3.27. The molecule has 0 spiro atoms. The molecular formula is C18H25N3O2S2. The van der Waals surface area contributed by atoms with Crippen LogP contribution < -0.4 is 5.32 Å². The van der Waals surface area contributed by atoms with Crippen molar-refractivity contribution in [3.63, 3.8) is 0 Å². The molecule has 0 radical (unpaired) electrons. The first-order chi connectivity index (χ1) is 12.0. The van der Waals surface area contributed by atoms with E-state index >= 15 is 0 Å². The van der Waals surface area contributed by atoms with Crippen LogP contribution in [-0.4, -0.2) is 57.4 Å². The Morgan fingerprint density at radius 3 is 3.16 bits per heavy atom. The largest absolute Gasteiger partial charge is 0.353 e. The number of rotatable bonds is 4. The molecule has 1 aromatic heterocycles. The third-order valence-electron chi connectivity index (χ3n) is 5.78. The molecule has 25 heavy (non-hydrogen) atoms. The lowest BCUT2D eigenvalue weighted by molar-refractivity contribution is -0.138. The number of amides is 2. The Hall–Kier alpha value is -1.05. The third kappa shape index (κ3) is 3.11. The molecule has 0 aromatic carbocycles. The minimum absolute atomic E-state index is 0.00607. The van der Waals surface area contributed by atoms with Crippen LogP contribution >= 0.6 is 23.1 Å². The highest BCUT2D eigenvalue weighted by atomic mass is 32.2. The minimum Gasteiger partial charge on any atom is -0.353 e. The Balaban J connectivity index is 1.33. The molecule has 5 nitrogen and oxygen atoms in total. The van der Waals surface area contributed by atoms with Gasteiger partial charge in [-0.3, -0.25) is 14.5 Å². The Labute approximate surface area is 157 Å². The first-order valence-electron chi connectivity index (χ1n) is 9.01.